The van der Waals surface area contributed by atoms with Gasteiger partial charge in [0.2, 0.25) is 5.91 Å². The monoisotopic (exact) mass is 240 g/mol. The highest BCUT2D eigenvalue weighted by molar-refractivity contribution is 7.99. The van der Waals surface area contributed by atoms with E-state index in [1.807, 2.05) is 13.2 Å². The summed E-state index contributed by atoms with van der Waals surface area (Å²) in [6.07, 6.45) is 1.89. The van der Waals surface area contributed by atoms with Crippen molar-refractivity contribution in [2.24, 2.45) is 0 Å². The van der Waals surface area contributed by atoms with Crippen LogP contribution < -0.4 is 15.8 Å². The van der Waals surface area contributed by atoms with Crippen molar-refractivity contribution in [1.29, 1.82) is 0 Å². The predicted octanol–water partition coefficient (Wildman–Crippen LogP) is 1.97. The number of amides is 1. The van der Waals surface area contributed by atoms with Crippen molar-refractivity contribution in [3.8, 4) is 5.75 Å². The van der Waals surface area contributed by atoms with Gasteiger partial charge in [-0.15, -0.1) is 0 Å². The van der Waals surface area contributed by atoms with E-state index in [1.54, 1.807) is 25.3 Å². The maximum absolute atomic E-state index is 11.7. The molecule has 0 fully saturated rings. The van der Waals surface area contributed by atoms with Gasteiger partial charge in [-0.05, 0) is 25.3 Å². The SMILES string of the molecule is COc1ccc(N)c(NC(=O)C(C)SC)c1. The summed E-state index contributed by atoms with van der Waals surface area (Å²) in [5.41, 5.74) is 6.88. The highest BCUT2D eigenvalue weighted by Gasteiger charge is 2.12. The van der Waals surface area contributed by atoms with Crippen LogP contribution in [0.4, 0.5) is 11.4 Å². The van der Waals surface area contributed by atoms with Crippen molar-refractivity contribution >= 4 is 29.0 Å². The Morgan fingerprint density at radius 3 is 2.81 bits per heavy atom. The number of hydrogen-bond donors (Lipinski definition) is 2. The third-order valence-corrected chi connectivity index (χ3v) is 3.16. The first-order valence-corrected chi connectivity index (χ1v) is 6.14. The van der Waals surface area contributed by atoms with Gasteiger partial charge in [-0.3, -0.25) is 4.79 Å². The Morgan fingerprint density at radius 2 is 2.25 bits per heavy atom. The molecule has 88 valence electrons. The molecule has 0 saturated carbocycles. The third-order valence-electron chi connectivity index (χ3n) is 2.24. The van der Waals surface area contributed by atoms with Crippen LogP contribution in [0.25, 0.3) is 0 Å². The smallest absolute Gasteiger partial charge is 0.237 e. The molecule has 0 aromatic heterocycles. The first-order chi connectivity index (χ1) is 7.58. The predicted molar refractivity (Wildman–Crippen MR) is 69.0 cm³/mol. The zero-order valence-corrected chi connectivity index (χ0v) is 10.4. The number of nitrogen functional groups attached to an aromatic ring is 1. The van der Waals surface area contributed by atoms with Crippen molar-refractivity contribution in [2.75, 3.05) is 24.4 Å². The topological polar surface area (TPSA) is 64.3 Å². The molecule has 16 heavy (non-hydrogen) atoms. The molecule has 0 bridgehead atoms. The van der Waals surface area contributed by atoms with Crippen molar-refractivity contribution in [2.45, 2.75) is 12.2 Å². The van der Waals surface area contributed by atoms with Crippen LogP contribution in [0.1, 0.15) is 6.92 Å². The highest BCUT2D eigenvalue weighted by Crippen LogP contribution is 2.25. The lowest BCUT2D eigenvalue weighted by molar-refractivity contribution is -0.115. The summed E-state index contributed by atoms with van der Waals surface area (Å²) in [5.74, 6) is 0.605. The molecule has 1 aromatic rings. The lowest BCUT2D eigenvalue weighted by atomic mass is 10.2. The lowest BCUT2D eigenvalue weighted by Crippen LogP contribution is -2.22. The van der Waals surface area contributed by atoms with E-state index in [4.69, 9.17) is 10.5 Å². The summed E-state index contributed by atoms with van der Waals surface area (Å²) < 4.78 is 5.07. The van der Waals surface area contributed by atoms with Crippen molar-refractivity contribution < 1.29 is 9.53 Å². The lowest BCUT2D eigenvalue weighted by Gasteiger charge is -2.12. The number of hydrogen-bond acceptors (Lipinski definition) is 4. The van der Waals surface area contributed by atoms with E-state index in [1.165, 1.54) is 11.8 Å². The quantitative estimate of drug-likeness (QED) is 0.790. The van der Waals surface area contributed by atoms with Crippen LogP contribution in [-0.2, 0) is 4.79 Å². The van der Waals surface area contributed by atoms with E-state index < -0.39 is 0 Å². The molecule has 0 aliphatic carbocycles. The number of nitrogens with one attached hydrogen (secondary N) is 1. The van der Waals surface area contributed by atoms with Gasteiger partial charge in [0.05, 0.1) is 23.7 Å². The van der Waals surface area contributed by atoms with Gasteiger partial charge in [-0.25, -0.2) is 0 Å². The molecule has 0 heterocycles. The maximum Gasteiger partial charge on any atom is 0.237 e. The van der Waals surface area contributed by atoms with Gasteiger partial charge < -0.3 is 15.8 Å². The molecule has 0 aliphatic heterocycles. The number of nitrogens with two attached hydrogens (primary N) is 1. The molecule has 0 radical (unpaired) electrons. The number of ether oxygens (including phenoxy) is 1. The van der Waals surface area contributed by atoms with Crippen LogP contribution >= 0.6 is 11.8 Å². The third kappa shape index (κ3) is 3.06. The Morgan fingerprint density at radius 1 is 1.56 bits per heavy atom. The van der Waals surface area contributed by atoms with Crippen LogP contribution in [0, 0.1) is 0 Å². The van der Waals surface area contributed by atoms with Crippen LogP contribution in [0.2, 0.25) is 0 Å². The Kier molecular flexibility index (Phi) is 4.49. The second-order valence-electron chi connectivity index (χ2n) is 3.32. The van der Waals surface area contributed by atoms with Crippen LogP contribution in [0.15, 0.2) is 18.2 Å². The normalized spacial score (nSPS) is 11.9. The van der Waals surface area contributed by atoms with Gasteiger partial charge in [0.15, 0.2) is 0 Å². The Labute approximate surface area is 99.5 Å². The van der Waals surface area contributed by atoms with Crippen molar-refractivity contribution in [3.05, 3.63) is 18.2 Å². The second-order valence-corrected chi connectivity index (χ2v) is 4.50. The Balaban J connectivity index is 2.83. The standard InChI is InChI=1S/C11H16N2O2S/c1-7(16-3)11(14)13-10-6-8(15-2)4-5-9(10)12/h4-7H,12H2,1-3H3,(H,13,14). The van der Waals surface area contributed by atoms with E-state index in [-0.39, 0.29) is 11.2 Å². The van der Waals surface area contributed by atoms with Gasteiger partial charge in [-0.2, -0.15) is 11.8 Å². The van der Waals surface area contributed by atoms with E-state index >= 15 is 0 Å². The Hall–Kier alpha value is -1.36. The molecule has 1 aromatic carbocycles. The van der Waals surface area contributed by atoms with Gasteiger partial charge in [0.1, 0.15) is 5.75 Å². The molecule has 1 atom stereocenters. The first-order valence-electron chi connectivity index (χ1n) is 4.85. The summed E-state index contributed by atoms with van der Waals surface area (Å²) in [4.78, 5) is 11.7. The summed E-state index contributed by atoms with van der Waals surface area (Å²) in [6, 6.07) is 5.17. The van der Waals surface area contributed by atoms with Crippen molar-refractivity contribution in [1.82, 2.24) is 0 Å². The van der Waals surface area contributed by atoms with E-state index in [0.29, 0.717) is 17.1 Å². The molecular formula is C11H16N2O2S. The number of anilines is 2. The minimum atomic E-state index is -0.106. The molecular weight excluding hydrogens is 224 g/mol. The number of rotatable bonds is 4. The molecule has 1 rings (SSSR count). The number of carbonyl (C=O) groups is 1. The number of benzene rings is 1. The van der Waals surface area contributed by atoms with Gasteiger partial charge in [-0.1, -0.05) is 0 Å². The zero-order valence-electron chi connectivity index (χ0n) is 9.61. The number of thioether (sulfide) groups is 1. The summed E-state index contributed by atoms with van der Waals surface area (Å²) in [6.45, 7) is 1.84. The second kappa shape index (κ2) is 5.65. The molecule has 0 aliphatic rings. The fourth-order valence-electron chi connectivity index (χ4n) is 1.11. The van der Waals surface area contributed by atoms with Crippen LogP contribution in [0.5, 0.6) is 5.75 Å². The maximum atomic E-state index is 11.7. The van der Waals surface area contributed by atoms with Crippen LogP contribution in [-0.4, -0.2) is 24.5 Å². The van der Waals surface area contributed by atoms with Gasteiger partial charge >= 0.3 is 0 Å². The first kappa shape index (κ1) is 12.7. The molecule has 1 unspecified atom stereocenters. The summed E-state index contributed by atoms with van der Waals surface area (Å²) in [5, 5.41) is 2.66. The highest BCUT2D eigenvalue weighted by atomic mass is 32.2. The largest absolute Gasteiger partial charge is 0.497 e. The minimum Gasteiger partial charge on any atom is -0.497 e. The van der Waals surface area contributed by atoms with E-state index in [9.17, 15) is 4.79 Å². The van der Waals surface area contributed by atoms with Crippen molar-refractivity contribution in [3.63, 3.8) is 0 Å². The van der Waals surface area contributed by atoms with Gasteiger partial charge in [0, 0.05) is 6.07 Å². The molecule has 3 N–H and O–H groups in total. The van der Waals surface area contributed by atoms with Crippen LogP contribution in [0.3, 0.4) is 0 Å². The number of carbonyl (C=O) groups excluding carboxylic acids is 1. The fraction of sp³-hybridized carbons (Fsp3) is 0.364. The molecule has 5 heteroatoms. The molecule has 1 amide bonds. The zero-order chi connectivity index (χ0) is 12.1. The fourth-order valence-corrected chi connectivity index (χ4v) is 1.39. The Bertz CT molecular complexity index is 382. The average molecular weight is 240 g/mol. The molecule has 4 nitrogen and oxygen atoms in total. The molecule has 0 spiro atoms. The minimum absolute atomic E-state index is 0.0625. The summed E-state index contributed by atoms with van der Waals surface area (Å²) >= 11 is 1.48. The van der Waals surface area contributed by atoms with Gasteiger partial charge in [0.25, 0.3) is 0 Å². The number of methoxy groups -OCH3 is 1. The summed E-state index contributed by atoms with van der Waals surface area (Å²) in [7, 11) is 1.57. The van der Waals surface area contributed by atoms with E-state index in [2.05, 4.69) is 5.32 Å². The average Bonchev–Trinajstić information content (AvgIpc) is 2.30. The molecule has 0 saturated heterocycles. The van der Waals surface area contributed by atoms with E-state index in [0.717, 1.165) is 0 Å².